The summed E-state index contributed by atoms with van der Waals surface area (Å²) in [6, 6.07) is 10.1. The van der Waals surface area contributed by atoms with Gasteiger partial charge >= 0.3 is 12.4 Å². The first-order valence-electron chi connectivity index (χ1n) is 7.46. The molecule has 1 heterocycles. The van der Waals surface area contributed by atoms with Crippen molar-refractivity contribution in [2.45, 2.75) is 6.36 Å². The first kappa shape index (κ1) is 17.6. The summed E-state index contributed by atoms with van der Waals surface area (Å²) in [5, 5.41) is 3.83. The Morgan fingerprint density at radius 3 is 2.35 bits per heavy atom. The van der Waals surface area contributed by atoms with Gasteiger partial charge in [0, 0.05) is 11.9 Å². The number of amides is 2. The number of benzene rings is 2. The summed E-state index contributed by atoms with van der Waals surface area (Å²) in [5.41, 5.74) is 4.63. The number of halogens is 4. The van der Waals surface area contributed by atoms with Crippen LogP contribution in [0.2, 0.25) is 0 Å². The van der Waals surface area contributed by atoms with Gasteiger partial charge < -0.3 is 15.5 Å². The zero-order valence-corrected chi connectivity index (χ0v) is 13.2. The largest absolute Gasteiger partial charge is 0.573 e. The highest BCUT2D eigenvalue weighted by Gasteiger charge is 2.31. The molecule has 0 aliphatic carbocycles. The molecule has 0 saturated carbocycles. The number of ether oxygens (including phenoxy) is 1. The number of urea groups is 1. The van der Waals surface area contributed by atoms with Gasteiger partial charge in [0.2, 0.25) is 0 Å². The van der Waals surface area contributed by atoms with Crippen LogP contribution in [-0.4, -0.2) is 23.9 Å². The van der Waals surface area contributed by atoms with Gasteiger partial charge in [-0.25, -0.2) is 14.2 Å². The fourth-order valence-corrected chi connectivity index (χ4v) is 2.32. The molecule has 0 atom stereocenters. The maximum absolute atomic E-state index is 13.0. The summed E-state index contributed by atoms with van der Waals surface area (Å²) in [6.07, 6.45) is -3.15. The van der Waals surface area contributed by atoms with Crippen molar-refractivity contribution in [3.05, 3.63) is 66.1 Å². The minimum atomic E-state index is -4.77. The molecule has 0 bridgehead atoms. The SMILES string of the molecule is O=C(Nc1ccc(OC(F)(F)F)cc1)N1CC(c2ccc(F)cc2)=CN1. The van der Waals surface area contributed by atoms with E-state index in [9.17, 15) is 22.4 Å². The molecule has 0 unspecified atom stereocenters. The van der Waals surface area contributed by atoms with E-state index in [1.165, 1.54) is 29.3 Å². The van der Waals surface area contributed by atoms with E-state index in [0.717, 1.165) is 23.3 Å². The van der Waals surface area contributed by atoms with Gasteiger partial charge in [-0.2, -0.15) is 0 Å². The van der Waals surface area contributed by atoms with Crippen LogP contribution in [0.25, 0.3) is 5.57 Å². The van der Waals surface area contributed by atoms with E-state index in [0.29, 0.717) is 5.69 Å². The molecule has 2 N–H and O–H groups in total. The van der Waals surface area contributed by atoms with E-state index in [2.05, 4.69) is 15.5 Å². The van der Waals surface area contributed by atoms with Crippen LogP contribution in [-0.2, 0) is 0 Å². The van der Waals surface area contributed by atoms with E-state index in [1.54, 1.807) is 18.3 Å². The van der Waals surface area contributed by atoms with Crippen molar-refractivity contribution < 1.29 is 27.1 Å². The Morgan fingerprint density at radius 2 is 1.73 bits per heavy atom. The molecule has 2 amide bonds. The predicted molar refractivity (Wildman–Crippen MR) is 86.4 cm³/mol. The number of anilines is 1. The van der Waals surface area contributed by atoms with Crippen LogP contribution >= 0.6 is 0 Å². The van der Waals surface area contributed by atoms with Crippen LogP contribution in [0.5, 0.6) is 5.75 Å². The van der Waals surface area contributed by atoms with Crippen LogP contribution in [0.15, 0.2) is 54.7 Å². The van der Waals surface area contributed by atoms with E-state index >= 15 is 0 Å². The van der Waals surface area contributed by atoms with Gasteiger partial charge in [0.1, 0.15) is 11.6 Å². The average molecular weight is 367 g/mol. The van der Waals surface area contributed by atoms with E-state index in [-0.39, 0.29) is 18.1 Å². The third-order valence-electron chi connectivity index (χ3n) is 3.52. The molecule has 0 saturated heterocycles. The number of carbonyl (C=O) groups is 1. The van der Waals surface area contributed by atoms with Crippen molar-refractivity contribution in [2.24, 2.45) is 0 Å². The summed E-state index contributed by atoms with van der Waals surface area (Å²) in [5.74, 6) is -0.733. The van der Waals surface area contributed by atoms with Gasteiger partial charge in [-0.05, 0) is 47.5 Å². The number of hydrogen-bond donors (Lipinski definition) is 2. The zero-order chi connectivity index (χ0) is 18.7. The summed E-state index contributed by atoms with van der Waals surface area (Å²) < 4.78 is 53.1. The average Bonchev–Trinajstić information content (AvgIpc) is 3.06. The van der Waals surface area contributed by atoms with Gasteiger partial charge in [0.05, 0.1) is 6.54 Å². The first-order chi connectivity index (χ1) is 12.3. The molecular formula is C17H13F4N3O2. The molecule has 5 nitrogen and oxygen atoms in total. The number of rotatable bonds is 3. The Labute approximate surface area is 145 Å². The Hall–Kier alpha value is -3.23. The normalized spacial score (nSPS) is 13.8. The maximum Gasteiger partial charge on any atom is 0.573 e. The lowest BCUT2D eigenvalue weighted by Crippen LogP contribution is -2.39. The second-order valence-corrected chi connectivity index (χ2v) is 5.39. The standard InChI is InChI=1S/C17H13F4N3O2/c18-13-3-1-11(2-4-13)12-9-22-24(10-12)16(25)23-14-5-7-15(8-6-14)26-17(19,20)21/h1-9,22H,10H2,(H,23,25). The molecule has 0 aromatic heterocycles. The molecule has 0 radical (unpaired) electrons. The van der Waals surface area contributed by atoms with Gasteiger partial charge in [-0.1, -0.05) is 12.1 Å². The monoisotopic (exact) mass is 367 g/mol. The molecular weight excluding hydrogens is 354 g/mol. The molecule has 3 rings (SSSR count). The van der Waals surface area contributed by atoms with Crippen LogP contribution < -0.4 is 15.5 Å². The highest BCUT2D eigenvalue weighted by molar-refractivity contribution is 5.91. The molecule has 2 aromatic carbocycles. The summed E-state index contributed by atoms with van der Waals surface area (Å²) in [7, 11) is 0. The third kappa shape index (κ3) is 4.44. The van der Waals surface area contributed by atoms with Crippen LogP contribution in [0.4, 0.5) is 28.0 Å². The van der Waals surface area contributed by atoms with Crippen molar-refractivity contribution in [3.63, 3.8) is 0 Å². The summed E-state index contributed by atoms with van der Waals surface area (Å²) in [4.78, 5) is 12.2. The van der Waals surface area contributed by atoms with Crippen molar-refractivity contribution in [1.29, 1.82) is 0 Å². The Kier molecular flexibility index (Phi) is 4.70. The number of nitrogens with one attached hydrogen (secondary N) is 2. The number of nitrogens with zero attached hydrogens (tertiary/aromatic N) is 1. The van der Waals surface area contributed by atoms with E-state index in [1.807, 2.05) is 0 Å². The van der Waals surface area contributed by atoms with E-state index in [4.69, 9.17) is 0 Å². The lowest BCUT2D eigenvalue weighted by atomic mass is 10.1. The molecule has 1 aliphatic rings. The number of hydrazine groups is 1. The molecule has 0 fully saturated rings. The zero-order valence-electron chi connectivity index (χ0n) is 13.2. The summed E-state index contributed by atoms with van der Waals surface area (Å²) >= 11 is 0. The second kappa shape index (κ2) is 6.95. The number of hydrogen-bond acceptors (Lipinski definition) is 3. The van der Waals surface area contributed by atoms with E-state index < -0.39 is 12.4 Å². The molecule has 26 heavy (non-hydrogen) atoms. The Bertz CT molecular complexity index is 817. The summed E-state index contributed by atoms with van der Waals surface area (Å²) in [6.45, 7) is 0.243. The minimum Gasteiger partial charge on any atom is -0.406 e. The van der Waals surface area contributed by atoms with Gasteiger partial charge in [-0.15, -0.1) is 13.2 Å². The number of carbonyl (C=O) groups excluding carboxylic acids is 1. The van der Waals surface area contributed by atoms with Crippen LogP contribution in [0.3, 0.4) is 0 Å². The first-order valence-corrected chi connectivity index (χ1v) is 7.46. The maximum atomic E-state index is 13.0. The molecule has 1 aliphatic heterocycles. The quantitative estimate of drug-likeness (QED) is 0.803. The highest BCUT2D eigenvalue weighted by atomic mass is 19.4. The fraction of sp³-hybridized carbons (Fsp3) is 0.118. The van der Waals surface area contributed by atoms with Crippen LogP contribution in [0.1, 0.15) is 5.56 Å². The number of alkyl halides is 3. The van der Waals surface area contributed by atoms with Crippen molar-refractivity contribution in [2.75, 3.05) is 11.9 Å². The fourth-order valence-electron chi connectivity index (χ4n) is 2.32. The van der Waals surface area contributed by atoms with Crippen molar-refractivity contribution in [1.82, 2.24) is 10.4 Å². The minimum absolute atomic E-state index is 0.243. The second-order valence-electron chi connectivity index (χ2n) is 5.39. The lowest BCUT2D eigenvalue weighted by Gasteiger charge is -2.18. The topological polar surface area (TPSA) is 53.6 Å². The van der Waals surface area contributed by atoms with Gasteiger partial charge in [0.15, 0.2) is 0 Å². The molecule has 0 spiro atoms. The van der Waals surface area contributed by atoms with Crippen molar-refractivity contribution >= 4 is 17.3 Å². The predicted octanol–water partition coefficient (Wildman–Crippen LogP) is 4.12. The molecule has 2 aromatic rings. The Morgan fingerprint density at radius 1 is 1.08 bits per heavy atom. The van der Waals surface area contributed by atoms with Crippen molar-refractivity contribution in [3.8, 4) is 5.75 Å². The third-order valence-corrected chi connectivity index (χ3v) is 3.52. The lowest BCUT2D eigenvalue weighted by molar-refractivity contribution is -0.274. The Balaban J connectivity index is 1.57. The smallest absolute Gasteiger partial charge is 0.406 e. The van der Waals surface area contributed by atoms with Gasteiger partial charge in [0.25, 0.3) is 0 Å². The van der Waals surface area contributed by atoms with Gasteiger partial charge in [-0.3, -0.25) is 0 Å². The molecule has 136 valence electrons. The van der Waals surface area contributed by atoms with Crippen LogP contribution in [0, 0.1) is 5.82 Å². The highest BCUT2D eigenvalue weighted by Crippen LogP contribution is 2.24. The molecule has 9 heteroatoms.